The first-order valence-electron chi connectivity index (χ1n) is 9.57. The Morgan fingerprint density at radius 3 is 2.45 bits per heavy atom. The quantitative estimate of drug-likeness (QED) is 0.774. The number of hydroxylamine groups is 1. The lowest BCUT2D eigenvalue weighted by Gasteiger charge is -2.22. The van der Waals surface area contributed by atoms with E-state index in [2.05, 4.69) is 5.48 Å². The van der Waals surface area contributed by atoms with Crippen LogP contribution in [0.2, 0.25) is 5.02 Å². The van der Waals surface area contributed by atoms with Gasteiger partial charge in [-0.3, -0.25) is 19.9 Å². The number of carbonyl (C=O) groups is 2. The highest BCUT2D eigenvalue weighted by atomic mass is 35.5. The number of nitrogens with one attached hydrogen (secondary N) is 1. The van der Waals surface area contributed by atoms with Crippen LogP contribution in [0.1, 0.15) is 11.1 Å². The third-order valence-electron chi connectivity index (χ3n) is 6.31. The number of amides is 2. The Kier molecular flexibility index (Phi) is 3.51. The molecule has 6 rings (SSSR count). The highest BCUT2D eigenvalue weighted by molar-refractivity contribution is 6.32. The van der Waals surface area contributed by atoms with Gasteiger partial charge < -0.3 is 4.74 Å². The predicted molar refractivity (Wildman–Crippen MR) is 106 cm³/mol. The molecule has 0 aromatic heterocycles. The molecule has 29 heavy (non-hydrogen) atoms. The zero-order valence-electron chi connectivity index (χ0n) is 15.5. The maximum atomic E-state index is 13.3. The van der Waals surface area contributed by atoms with Crippen molar-refractivity contribution in [2.45, 2.75) is 25.2 Å². The molecule has 3 fully saturated rings. The first-order valence-corrected chi connectivity index (χ1v) is 9.94. The average molecular weight is 409 g/mol. The molecule has 3 saturated heterocycles. The van der Waals surface area contributed by atoms with Gasteiger partial charge in [-0.15, -0.1) is 0 Å². The number of halogens is 1. The maximum absolute atomic E-state index is 13.3. The van der Waals surface area contributed by atoms with E-state index in [1.165, 1.54) is 4.90 Å². The minimum Gasteiger partial charge on any atom is -0.366 e. The van der Waals surface area contributed by atoms with E-state index >= 15 is 0 Å². The Labute approximate surface area is 172 Å². The molecule has 0 radical (unpaired) electrons. The number of carbonyl (C=O) groups excluding carboxylic acids is 2. The summed E-state index contributed by atoms with van der Waals surface area (Å²) in [5.74, 6) is -1.51. The molecule has 146 valence electrons. The van der Waals surface area contributed by atoms with Crippen molar-refractivity contribution in [3.63, 3.8) is 0 Å². The number of imide groups is 1. The van der Waals surface area contributed by atoms with Crippen molar-refractivity contribution in [2.24, 2.45) is 11.8 Å². The van der Waals surface area contributed by atoms with Crippen LogP contribution in [-0.2, 0) is 19.2 Å². The van der Waals surface area contributed by atoms with Gasteiger partial charge in [0.05, 0.1) is 29.3 Å². The molecular formula is C22H17ClN2O4. The van der Waals surface area contributed by atoms with Crippen molar-refractivity contribution in [1.82, 2.24) is 5.48 Å². The molecule has 2 amide bonds. The molecule has 4 aliphatic heterocycles. The van der Waals surface area contributed by atoms with Crippen molar-refractivity contribution in [2.75, 3.05) is 4.90 Å². The number of anilines is 1. The predicted octanol–water partition coefficient (Wildman–Crippen LogP) is 2.85. The average Bonchev–Trinajstić information content (AvgIpc) is 3.44. The molecule has 5 atom stereocenters. The van der Waals surface area contributed by atoms with Gasteiger partial charge in [-0.1, -0.05) is 47.5 Å². The second-order valence-electron chi connectivity index (χ2n) is 7.87. The lowest BCUT2D eigenvalue weighted by Crippen LogP contribution is -2.40. The van der Waals surface area contributed by atoms with Gasteiger partial charge in [0.2, 0.25) is 11.8 Å². The van der Waals surface area contributed by atoms with Crippen LogP contribution in [-0.4, -0.2) is 30.1 Å². The third kappa shape index (κ3) is 2.19. The van der Waals surface area contributed by atoms with E-state index in [9.17, 15) is 9.59 Å². The summed E-state index contributed by atoms with van der Waals surface area (Å²) >= 11 is 6.38. The number of benzene rings is 2. The van der Waals surface area contributed by atoms with Gasteiger partial charge in [-0.05, 0) is 25.1 Å². The maximum Gasteiger partial charge on any atom is 0.240 e. The molecule has 0 saturated carbocycles. The summed E-state index contributed by atoms with van der Waals surface area (Å²) in [6, 6.07) is 14.9. The van der Waals surface area contributed by atoms with Gasteiger partial charge in [0.25, 0.3) is 0 Å². The number of rotatable bonds is 2. The number of nitrogens with zero attached hydrogens (tertiary/aromatic N) is 1. The molecule has 2 aromatic carbocycles. The summed E-state index contributed by atoms with van der Waals surface area (Å²) in [4.78, 5) is 33.6. The zero-order chi connectivity index (χ0) is 19.9. The molecule has 2 aromatic rings. The summed E-state index contributed by atoms with van der Waals surface area (Å²) < 4.78 is 6.11. The highest BCUT2D eigenvalue weighted by Gasteiger charge is 2.69. The van der Waals surface area contributed by atoms with E-state index in [0.29, 0.717) is 10.7 Å². The SMILES string of the molecule is Cc1ccc(N2C(=O)[C@H]3[C@@H]4O[C@@H](C5=C(c6ccccc6Cl)NO[C@H]54)[C@H]3C2=O)cc1. The van der Waals surface area contributed by atoms with Crippen molar-refractivity contribution in [3.05, 3.63) is 70.3 Å². The normalized spacial score (nSPS) is 32.1. The fourth-order valence-electron chi connectivity index (χ4n) is 5.00. The molecule has 4 aliphatic rings. The Morgan fingerprint density at radius 1 is 0.966 bits per heavy atom. The fraction of sp³-hybridized carbons (Fsp3) is 0.273. The Balaban J connectivity index is 1.42. The standard InChI is InChI=1S/C22H17ClN2O4/c1-10-6-8-11(9-7-10)25-21(26)14-15(22(25)27)19-20-16(18(14)28-19)17(24-29-20)12-4-2-3-5-13(12)23/h2-9,14-15,18-20,24H,1H3/t14-,15+,18+,19-,20+/m0/s1. The molecule has 7 heteroatoms. The van der Waals surface area contributed by atoms with Crippen LogP contribution in [0.5, 0.6) is 0 Å². The monoisotopic (exact) mass is 408 g/mol. The van der Waals surface area contributed by atoms with Gasteiger partial charge in [0.1, 0.15) is 12.2 Å². The molecule has 0 aliphatic carbocycles. The van der Waals surface area contributed by atoms with Crippen LogP contribution in [0.15, 0.2) is 54.1 Å². The van der Waals surface area contributed by atoms with Gasteiger partial charge in [0, 0.05) is 16.2 Å². The molecule has 6 nitrogen and oxygen atoms in total. The largest absolute Gasteiger partial charge is 0.366 e. The molecule has 2 bridgehead atoms. The molecule has 0 spiro atoms. The van der Waals surface area contributed by atoms with Gasteiger partial charge in [-0.25, -0.2) is 4.90 Å². The molecule has 4 heterocycles. The van der Waals surface area contributed by atoms with E-state index in [0.717, 1.165) is 22.4 Å². The minimum atomic E-state index is -0.541. The second-order valence-corrected chi connectivity index (χ2v) is 8.28. The summed E-state index contributed by atoms with van der Waals surface area (Å²) in [5.41, 5.74) is 7.04. The Morgan fingerprint density at radius 2 is 1.69 bits per heavy atom. The molecular weight excluding hydrogens is 392 g/mol. The van der Waals surface area contributed by atoms with Crippen LogP contribution in [0.3, 0.4) is 0 Å². The topological polar surface area (TPSA) is 67.9 Å². The third-order valence-corrected chi connectivity index (χ3v) is 6.63. The van der Waals surface area contributed by atoms with E-state index in [4.69, 9.17) is 21.2 Å². The first kappa shape index (κ1) is 17.2. The van der Waals surface area contributed by atoms with Crippen molar-refractivity contribution < 1.29 is 19.2 Å². The first-order chi connectivity index (χ1) is 14.1. The van der Waals surface area contributed by atoms with E-state index in [1.807, 2.05) is 49.4 Å². The van der Waals surface area contributed by atoms with E-state index in [1.54, 1.807) is 6.07 Å². The number of aryl methyl sites for hydroxylation is 1. The van der Waals surface area contributed by atoms with E-state index in [-0.39, 0.29) is 11.8 Å². The van der Waals surface area contributed by atoms with E-state index < -0.39 is 30.1 Å². The smallest absolute Gasteiger partial charge is 0.240 e. The minimum absolute atomic E-state index is 0.215. The number of ether oxygens (including phenoxy) is 1. The highest BCUT2D eigenvalue weighted by Crippen LogP contribution is 2.55. The Bertz CT molecular complexity index is 1100. The lowest BCUT2D eigenvalue weighted by atomic mass is 9.76. The number of hydrogen-bond acceptors (Lipinski definition) is 5. The van der Waals surface area contributed by atoms with Gasteiger partial charge in [-0.2, -0.15) is 0 Å². The van der Waals surface area contributed by atoms with Crippen molar-refractivity contribution in [1.29, 1.82) is 0 Å². The van der Waals surface area contributed by atoms with Crippen LogP contribution in [0.4, 0.5) is 5.69 Å². The van der Waals surface area contributed by atoms with Crippen molar-refractivity contribution in [3.8, 4) is 0 Å². The van der Waals surface area contributed by atoms with Crippen LogP contribution in [0, 0.1) is 18.8 Å². The summed E-state index contributed by atoms with van der Waals surface area (Å²) in [5, 5.41) is 0.584. The lowest BCUT2D eigenvalue weighted by molar-refractivity contribution is -0.126. The van der Waals surface area contributed by atoms with Crippen LogP contribution in [0.25, 0.3) is 5.70 Å². The summed E-state index contributed by atoms with van der Waals surface area (Å²) in [6.07, 6.45) is -1.38. The molecule has 0 unspecified atom stereocenters. The van der Waals surface area contributed by atoms with Crippen LogP contribution >= 0.6 is 11.6 Å². The second kappa shape index (κ2) is 5.92. The van der Waals surface area contributed by atoms with Gasteiger partial charge >= 0.3 is 0 Å². The molecule has 1 N–H and O–H groups in total. The van der Waals surface area contributed by atoms with Crippen LogP contribution < -0.4 is 10.4 Å². The zero-order valence-corrected chi connectivity index (χ0v) is 16.2. The van der Waals surface area contributed by atoms with Crippen molar-refractivity contribution >= 4 is 34.8 Å². The van der Waals surface area contributed by atoms with Gasteiger partial charge in [0.15, 0.2) is 0 Å². The fourth-order valence-corrected chi connectivity index (χ4v) is 5.23. The number of fused-ring (bicyclic) bond motifs is 8. The number of hydrogen-bond donors (Lipinski definition) is 1. The summed E-state index contributed by atoms with van der Waals surface area (Å²) in [6.45, 7) is 1.97. The summed E-state index contributed by atoms with van der Waals surface area (Å²) in [7, 11) is 0. The Hall–Kier alpha value is -2.67.